The molecule has 21 heavy (non-hydrogen) atoms. The third kappa shape index (κ3) is 4.97. The number of methoxy groups -OCH3 is 3. The van der Waals surface area contributed by atoms with E-state index in [1.807, 2.05) is 12.1 Å². The summed E-state index contributed by atoms with van der Waals surface area (Å²) in [4.78, 5) is 0. The van der Waals surface area contributed by atoms with Crippen molar-refractivity contribution < 1.29 is 14.2 Å². The molecule has 1 aromatic rings. The zero-order chi connectivity index (χ0) is 15.8. The summed E-state index contributed by atoms with van der Waals surface area (Å²) in [5.74, 6) is 1.97. The Labute approximate surface area is 128 Å². The smallest absolute Gasteiger partial charge is 0.203 e. The minimum atomic E-state index is 0.472. The molecule has 4 heteroatoms. The number of ether oxygens (including phenoxy) is 3. The summed E-state index contributed by atoms with van der Waals surface area (Å²) < 4.78 is 16.1. The van der Waals surface area contributed by atoms with Crippen LogP contribution in [0, 0.1) is 0 Å². The van der Waals surface area contributed by atoms with Crippen LogP contribution >= 0.6 is 0 Å². The molecule has 0 saturated heterocycles. The Kier molecular flexibility index (Phi) is 7.09. The first-order chi connectivity index (χ1) is 10.0. The minimum Gasteiger partial charge on any atom is -0.493 e. The Hall–Kier alpha value is -1.68. The second-order valence-corrected chi connectivity index (χ2v) is 5.15. The lowest BCUT2D eigenvalue weighted by Gasteiger charge is -2.14. The van der Waals surface area contributed by atoms with Crippen LogP contribution in [0.2, 0.25) is 0 Å². The Morgan fingerprint density at radius 1 is 1.10 bits per heavy atom. The lowest BCUT2D eigenvalue weighted by atomic mass is 10.1. The maximum Gasteiger partial charge on any atom is 0.203 e. The van der Waals surface area contributed by atoms with Gasteiger partial charge in [0.25, 0.3) is 0 Å². The van der Waals surface area contributed by atoms with Crippen molar-refractivity contribution in [1.82, 2.24) is 5.32 Å². The first-order valence-electron chi connectivity index (χ1n) is 7.28. The summed E-state index contributed by atoms with van der Waals surface area (Å²) in [6, 6.07) is 4.40. The fourth-order valence-electron chi connectivity index (χ4n) is 2.03. The standard InChI is InChI=1S/C17H27NO3/c1-7-13(11-18-12(2)3)8-14-9-15(19-4)17(21-6)16(10-14)20-5/h8-10,12,18H,7,11H2,1-6H3. The van der Waals surface area contributed by atoms with Crippen LogP contribution in [0.5, 0.6) is 17.2 Å². The average molecular weight is 293 g/mol. The number of rotatable bonds is 8. The quantitative estimate of drug-likeness (QED) is 0.796. The summed E-state index contributed by atoms with van der Waals surface area (Å²) in [6.45, 7) is 7.33. The molecule has 0 aliphatic heterocycles. The van der Waals surface area contributed by atoms with Crippen molar-refractivity contribution >= 4 is 6.08 Å². The fourth-order valence-corrected chi connectivity index (χ4v) is 2.03. The van der Waals surface area contributed by atoms with Gasteiger partial charge in [-0.3, -0.25) is 0 Å². The third-order valence-corrected chi connectivity index (χ3v) is 3.25. The van der Waals surface area contributed by atoms with Gasteiger partial charge in [0.15, 0.2) is 11.5 Å². The van der Waals surface area contributed by atoms with Crippen LogP contribution < -0.4 is 19.5 Å². The lowest BCUT2D eigenvalue weighted by Crippen LogP contribution is -2.24. The van der Waals surface area contributed by atoms with Crippen molar-refractivity contribution in [3.8, 4) is 17.2 Å². The van der Waals surface area contributed by atoms with Gasteiger partial charge in [-0.05, 0) is 24.1 Å². The maximum atomic E-state index is 5.38. The molecule has 118 valence electrons. The summed E-state index contributed by atoms with van der Waals surface area (Å²) in [5, 5.41) is 3.44. The number of benzene rings is 1. The molecule has 0 unspecified atom stereocenters. The summed E-state index contributed by atoms with van der Waals surface area (Å²) in [6.07, 6.45) is 3.16. The van der Waals surface area contributed by atoms with E-state index in [-0.39, 0.29) is 0 Å². The van der Waals surface area contributed by atoms with Crippen LogP contribution in [0.4, 0.5) is 0 Å². The topological polar surface area (TPSA) is 39.7 Å². The van der Waals surface area contributed by atoms with Crippen LogP contribution in [-0.4, -0.2) is 33.9 Å². The van der Waals surface area contributed by atoms with Crippen molar-refractivity contribution in [1.29, 1.82) is 0 Å². The van der Waals surface area contributed by atoms with Crippen molar-refractivity contribution in [3.05, 3.63) is 23.3 Å². The highest BCUT2D eigenvalue weighted by Crippen LogP contribution is 2.38. The van der Waals surface area contributed by atoms with Gasteiger partial charge in [0, 0.05) is 12.6 Å². The number of hydrogen-bond acceptors (Lipinski definition) is 4. The summed E-state index contributed by atoms with van der Waals surface area (Å²) in [5.41, 5.74) is 2.38. The second kappa shape index (κ2) is 8.57. The van der Waals surface area contributed by atoms with Crippen LogP contribution in [-0.2, 0) is 0 Å². The van der Waals surface area contributed by atoms with E-state index in [0.717, 1.165) is 18.5 Å². The summed E-state index contributed by atoms with van der Waals surface area (Å²) >= 11 is 0. The molecule has 4 nitrogen and oxygen atoms in total. The maximum absolute atomic E-state index is 5.38. The van der Waals surface area contributed by atoms with Gasteiger partial charge < -0.3 is 19.5 Å². The largest absolute Gasteiger partial charge is 0.493 e. The predicted molar refractivity (Wildman–Crippen MR) is 87.5 cm³/mol. The molecule has 1 N–H and O–H groups in total. The fraction of sp³-hybridized carbons (Fsp3) is 0.529. The third-order valence-electron chi connectivity index (χ3n) is 3.25. The molecule has 0 aromatic heterocycles. The van der Waals surface area contributed by atoms with E-state index in [2.05, 4.69) is 32.2 Å². The Balaban J connectivity index is 3.11. The monoisotopic (exact) mass is 293 g/mol. The zero-order valence-corrected chi connectivity index (χ0v) is 13.9. The molecule has 1 aromatic carbocycles. The van der Waals surface area contributed by atoms with Crippen LogP contribution in [0.1, 0.15) is 32.8 Å². The van der Waals surface area contributed by atoms with E-state index < -0.39 is 0 Å². The van der Waals surface area contributed by atoms with Gasteiger partial charge in [0.1, 0.15) is 0 Å². The Morgan fingerprint density at radius 3 is 2.05 bits per heavy atom. The minimum absolute atomic E-state index is 0.472. The molecule has 0 bridgehead atoms. The van der Waals surface area contributed by atoms with Gasteiger partial charge in [0.2, 0.25) is 5.75 Å². The SMILES string of the molecule is CCC(=Cc1cc(OC)c(OC)c(OC)c1)CNC(C)C. The van der Waals surface area contributed by atoms with E-state index in [1.54, 1.807) is 21.3 Å². The molecule has 0 radical (unpaired) electrons. The Bertz CT molecular complexity index is 456. The van der Waals surface area contributed by atoms with Crippen molar-refractivity contribution in [2.45, 2.75) is 33.2 Å². The molecule has 0 spiro atoms. The van der Waals surface area contributed by atoms with E-state index >= 15 is 0 Å². The van der Waals surface area contributed by atoms with E-state index in [9.17, 15) is 0 Å². The molecule has 0 heterocycles. The molecule has 0 fully saturated rings. The zero-order valence-electron chi connectivity index (χ0n) is 13.9. The highest BCUT2D eigenvalue weighted by molar-refractivity contribution is 5.63. The molecule has 0 aliphatic rings. The average Bonchev–Trinajstić information content (AvgIpc) is 2.49. The highest BCUT2D eigenvalue weighted by Gasteiger charge is 2.12. The first kappa shape index (κ1) is 17.4. The second-order valence-electron chi connectivity index (χ2n) is 5.15. The molecule has 1 rings (SSSR count). The Morgan fingerprint density at radius 2 is 1.67 bits per heavy atom. The van der Waals surface area contributed by atoms with Gasteiger partial charge in [-0.1, -0.05) is 32.4 Å². The van der Waals surface area contributed by atoms with Crippen molar-refractivity contribution in [3.63, 3.8) is 0 Å². The van der Waals surface area contributed by atoms with E-state index in [0.29, 0.717) is 23.3 Å². The van der Waals surface area contributed by atoms with Gasteiger partial charge in [0.05, 0.1) is 21.3 Å². The van der Waals surface area contributed by atoms with Gasteiger partial charge in [-0.15, -0.1) is 0 Å². The van der Waals surface area contributed by atoms with Gasteiger partial charge in [-0.25, -0.2) is 0 Å². The molecular weight excluding hydrogens is 266 g/mol. The first-order valence-corrected chi connectivity index (χ1v) is 7.28. The highest BCUT2D eigenvalue weighted by atomic mass is 16.5. The predicted octanol–water partition coefficient (Wildman–Crippen LogP) is 3.50. The number of hydrogen-bond donors (Lipinski definition) is 1. The number of nitrogens with one attached hydrogen (secondary N) is 1. The van der Waals surface area contributed by atoms with Gasteiger partial charge in [-0.2, -0.15) is 0 Å². The van der Waals surface area contributed by atoms with E-state index in [4.69, 9.17) is 14.2 Å². The van der Waals surface area contributed by atoms with Crippen LogP contribution in [0.25, 0.3) is 6.08 Å². The lowest BCUT2D eigenvalue weighted by molar-refractivity contribution is 0.324. The molecule has 0 atom stereocenters. The molecule has 0 aliphatic carbocycles. The van der Waals surface area contributed by atoms with Crippen LogP contribution in [0.15, 0.2) is 17.7 Å². The molecule has 0 amide bonds. The summed E-state index contributed by atoms with van der Waals surface area (Å²) in [7, 11) is 4.87. The molecular formula is C17H27NO3. The van der Waals surface area contributed by atoms with Crippen molar-refractivity contribution in [2.75, 3.05) is 27.9 Å². The van der Waals surface area contributed by atoms with Crippen molar-refractivity contribution in [2.24, 2.45) is 0 Å². The normalized spacial score (nSPS) is 11.7. The van der Waals surface area contributed by atoms with Crippen LogP contribution in [0.3, 0.4) is 0 Å². The molecule has 0 saturated carbocycles. The van der Waals surface area contributed by atoms with E-state index in [1.165, 1.54) is 5.57 Å². The van der Waals surface area contributed by atoms with Gasteiger partial charge >= 0.3 is 0 Å².